The Morgan fingerprint density at radius 3 is 2.62 bits per heavy atom. The Morgan fingerprint density at radius 1 is 1.09 bits per heavy atom. The average molecular weight is 439 g/mol. The minimum Gasteiger partial charge on any atom is -0.387 e. The Kier molecular flexibility index (Phi) is 5.78. The van der Waals surface area contributed by atoms with Crippen molar-refractivity contribution in [2.75, 3.05) is 31.1 Å². The Bertz CT molecular complexity index is 991. The third-order valence-corrected chi connectivity index (χ3v) is 7.30. The first-order valence-corrected chi connectivity index (χ1v) is 11.8. The van der Waals surface area contributed by atoms with Crippen molar-refractivity contribution in [1.29, 1.82) is 0 Å². The lowest BCUT2D eigenvalue weighted by molar-refractivity contribution is -0.119. The molecule has 2 fully saturated rings. The molecule has 2 aliphatic heterocycles. The lowest BCUT2D eigenvalue weighted by Gasteiger charge is -2.28. The Balaban J connectivity index is 1.22. The number of benzene rings is 2. The van der Waals surface area contributed by atoms with Crippen molar-refractivity contribution in [3.63, 3.8) is 0 Å². The number of anilines is 1. The second kappa shape index (κ2) is 8.58. The molecular weight excluding hydrogens is 407 g/mol. The summed E-state index contributed by atoms with van der Waals surface area (Å²) in [4.78, 5) is 16.6. The Morgan fingerprint density at radius 2 is 1.88 bits per heavy atom. The van der Waals surface area contributed by atoms with Gasteiger partial charge in [-0.15, -0.1) is 0 Å². The highest BCUT2D eigenvalue weighted by molar-refractivity contribution is 5.98. The number of nitrogens with zero attached hydrogens (tertiary/aromatic N) is 2. The number of β-amino-alcohol motifs (C(OH)–C–C–N with tert-alkyl or cyclic N) is 1. The lowest BCUT2D eigenvalue weighted by Crippen LogP contribution is -2.32. The number of aliphatic hydroxyl groups is 2. The monoisotopic (exact) mass is 438 g/mol. The van der Waals surface area contributed by atoms with E-state index in [9.17, 15) is 19.4 Å². The standard InChI is InChI=1S/C26H31FN2O3/c27-22-7-5-21(6-8-22)26(32)11-1-13-28(15-12-26)17-24(30)20-4-9-23-19(16-20)10-14-29(23)25(31)18-2-3-18/h4-9,16,18,24,30,32H,1-3,10-15,17H2. The molecule has 5 nitrogen and oxygen atoms in total. The van der Waals surface area contributed by atoms with E-state index >= 15 is 0 Å². The van der Waals surface area contributed by atoms with Crippen molar-refractivity contribution in [1.82, 2.24) is 4.90 Å². The first-order valence-electron chi connectivity index (χ1n) is 11.8. The number of likely N-dealkylation sites (tertiary alicyclic amines) is 1. The van der Waals surface area contributed by atoms with Gasteiger partial charge in [-0.25, -0.2) is 4.39 Å². The molecule has 1 aliphatic carbocycles. The zero-order chi connectivity index (χ0) is 22.3. The highest BCUT2D eigenvalue weighted by Gasteiger charge is 2.37. The first-order chi connectivity index (χ1) is 15.4. The van der Waals surface area contributed by atoms with Crippen molar-refractivity contribution in [3.05, 3.63) is 65.0 Å². The van der Waals surface area contributed by atoms with Crippen LogP contribution in [0.1, 0.15) is 54.9 Å². The summed E-state index contributed by atoms with van der Waals surface area (Å²) >= 11 is 0. The molecule has 2 heterocycles. The predicted molar refractivity (Wildman–Crippen MR) is 121 cm³/mol. The molecule has 6 heteroatoms. The summed E-state index contributed by atoms with van der Waals surface area (Å²) in [7, 11) is 0. The molecule has 1 amide bonds. The van der Waals surface area contributed by atoms with Crippen LogP contribution in [-0.2, 0) is 16.8 Å². The summed E-state index contributed by atoms with van der Waals surface area (Å²) in [5.74, 6) is 0.156. The van der Waals surface area contributed by atoms with E-state index in [0.717, 1.165) is 61.2 Å². The number of carbonyl (C=O) groups is 1. The van der Waals surface area contributed by atoms with Crippen LogP contribution in [0.2, 0.25) is 0 Å². The Hall–Kier alpha value is -2.28. The fourth-order valence-corrected chi connectivity index (χ4v) is 5.16. The molecule has 1 saturated carbocycles. The number of halogens is 1. The molecule has 5 rings (SSSR count). The molecule has 2 unspecified atom stereocenters. The van der Waals surface area contributed by atoms with E-state index in [1.54, 1.807) is 12.1 Å². The number of aliphatic hydroxyl groups excluding tert-OH is 1. The highest BCUT2D eigenvalue weighted by atomic mass is 19.1. The van der Waals surface area contributed by atoms with Gasteiger partial charge < -0.3 is 20.0 Å². The lowest BCUT2D eigenvalue weighted by atomic mass is 9.87. The smallest absolute Gasteiger partial charge is 0.230 e. The molecule has 1 saturated heterocycles. The van der Waals surface area contributed by atoms with Crippen molar-refractivity contribution < 1.29 is 19.4 Å². The van der Waals surface area contributed by atoms with E-state index in [1.807, 2.05) is 23.1 Å². The number of hydrogen-bond acceptors (Lipinski definition) is 4. The fourth-order valence-electron chi connectivity index (χ4n) is 5.16. The average Bonchev–Trinajstić information content (AvgIpc) is 3.58. The molecule has 2 aromatic rings. The van der Waals surface area contributed by atoms with Crippen molar-refractivity contribution in [2.24, 2.45) is 5.92 Å². The van der Waals surface area contributed by atoms with Crippen LogP contribution in [0.5, 0.6) is 0 Å². The van der Waals surface area contributed by atoms with E-state index in [0.29, 0.717) is 25.9 Å². The van der Waals surface area contributed by atoms with Crippen molar-refractivity contribution >= 4 is 11.6 Å². The number of carbonyl (C=O) groups excluding carboxylic acids is 1. The summed E-state index contributed by atoms with van der Waals surface area (Å²) in [6.45, 7) is 2.70. The van der Waals surface area contributed by atoms with Gasteiger partial charge in [0.15, 0.2) is 0 Å². The van der Waals surface area contributed by atoms with E-state index in [1.165, 1.54) is 12.1 Å². The highest BCUT2D eigenvalue weighted by Crippen LogP contribution is 2.38. The van der Waals surface area contributed by atoms with Crippen LogP contribution < -0.4 is 4.90 Å². The van der Waals surface area contributed by atoms with Crippen molar-refractivity contribution in [2.45, 2.75) is 50.2 Å². The van der Waals surface area contributed by atoms with Gasteiger partial charge in [0.1, 0.15) is 5.82 Å². The quantitative estimate of drug-likeness (QED) is 0.750. The topological polar surface area (TPSA) is 64.0 Å². The molecule has 0 radical (unpaired) electrons. The maximum Gasteiger partial charge on any atom is 0.230 e. The summed E-state index contributed by atoms with van der Waals surface area (Å²) in [6, 6.07) is 12.1. The van der Waals surface area contributed by atoms with E-state index in [4.69, 9.17) is 0 Å². The molecule has 0 bridgehead atoms. The predicted octanol–water partition coefficient (Wildman–Crippen LogP) is 3.53. The molecule has 2 aromatic carbocycles. The molecule has 170 valence electrons. The van der Waals surface area contributed by atoms with Gasteiger partial charge >= 0.3 is 0 Å². The molecular formula is C26H31FN2O3. The molecule has 32 heavy (non-hydrogen) atoms. The summed E-state index contributed by atoms with van der Waals surface area (Å²) in [6.07, 6.45) is 4.21. The number of hydrogen-bond donors (Lipinski definition) is 2. The van der Waals surface area contributed by atoms with Crippen LogP contribution >= 0.6 is 0 Å². The summed E-state index contributed by atoms with van der Waals surface area (Å²) in [5.41, 5.74) is 2.81. The van der Waals surface area contributed by atoms with Gasteiger partial charge in [0.2, 0.25) is 5.91 Å². The second-order valence-corrected chi connectivity index (χ2v) is 9.61. The zero-order valence-electron chi connectivity index (χ0n) is 18.3. The Labute approximate surface area is 188 Å². The first kappa shape index (κ1) is 21.6. The largest absolute Gasteiger partial charge is 0.387 e. The minimum absolute atomic E-state index is 0.211. The maximum absolute atomic E-state index is 13.3. The third kappa shape index (κ3) is 4.32. The van der Waals surface area contributed by atoms with Crippen LogP contribution in [0.3, 0.4) is 0 Å². The number of rotatable bonds is 5. The molecule has 0 spiro atoms. The molecule has 2 N–H and O–H groups in total. The van der Waals surface area contributed by atoms with Crippen LogP contribution in [0.15, 0.2) is 42.5 Å². The van der Waals surface area contributed by atoms with Gasteiger partial charge in [-0.3, -0.25) is 4.79 Å². The van der Waals surface area contributed by atoms with Crippen LogP contribution in [0, 0.1) is 11.7 Å². The summed E-state index contributed by atoms with van der Waals surface area (Å²) < 4.78 is 13.3. The zero-order valence-corrected chi connectivity index (χ0v) is 18.3. The molecule has 0 aromatic heterocycles. The van der Waals surface area contributed by atoms with Gasteiger partial charge in [0.05, 0.1) is 11.7 Å². The fraction of sp³-hybridized carbons (Fsp3) is 0.500. The van der Waals surface area contributed by atoms with Crippen molar-refractivity contribution in [3.8, 4) is 0 Å². The van der Waals surface area contributed by atoms with Gasteiger partial charge in [-0.05, 0) is 80.0 Å². The minimum atomic E-state index is -0.960. The third-order valence-electron chi connectivity index (χ3n) is 7.30. The van der Waals surface area contributed by atoms with E-state index < -0.39 is 11.7 Å². The van der Waals surface area contributed by atoms with Gasteiger partial charge in [0, 0.05) is 31.2 Å². The van der Waals surface area contributed by atoms with E-state index in [2.05, 4.69) is 4.90 Å². The SMILES string of the molecule is O=C(C1CC1)N1CCc2cc(C(O)CN3CCCC(O)(c4ccc(F)cc4)CC3)ccc21. The number of amides is 1. The number of fused-ring (bicyclic) bond motifs is 1. The van der Waals surface area contributed by atoms with Gasteiger partial charge in [-0.1, -0.05) is 24.3 Å². The van der Waals surface area contributed by atoms with Crippen LogP contribution in [-0.4, -0.2) is 47.2 Å². The second-order valence-electron chi connectivity index (χ2n) is 9.61. The van der Waals surface area contributed by atoms with Crippen LogP contribution in [0.25, 0.3) is 0 Å². The van der Waals surface area contributed by atoms with Gasteiger partial charge in [0.25, 0.3) is 0 Å². The normalized spacial score (nSPS) is 24.8. The summed E-state index contributed by atoms with van der Waals surface area (Å²) in [5, 5.41) is 22.1. The molecule has 3 aliphatic rings. The van der Waals surface area contributed by atoms with E-state index in [-0.39, 0.29) is 17.6 Å². The molecule has 2 atom stereocenters. The van der Waals surface area contributed by atoms with Crippen LogP contribution in [0.4, 0.5) is 10.1 Å². The maximum atomic E-state index is 13.3. The van der Waals surface area contributed by atoms with Gasteiger partial charge in [-0.2, -0.15) is 0 Å².